The quantitative estimate of drug-likeness (QED) is 0.619. The van der Waals surface area contributed by atoms with Crippen molar-refractivity contribution in [1.82, 2.24) is 4.90 Å². The lowest BCUT2D eigenvalue weighted by molar-refractivity contribution is -0.132. The van der Waals surface area contributed by atoms with Gasteiger partial charge in [-0.2, -0.15) is 11.8 Å². The molecule has 0 saturated carbocycles. The maximum absolute atomic E-state index is 13.7. The maximum Gasteiger partial charge on any atom is 0.491 e. The predicted octanol–water partition coefficient (Wildman–Crippen LogP) is 3.29. The number of rotatable bonds is 5. The second kappa shape index (κ2) is 10.3. The highest BCUT2D eigenvalue weighted by atomic mass is 32.2. The molecule has 2 aromatic carbocycles. The molecule has 4 unspecified atom stereocenters. The van der Waals surface area contributed by atoms with Gasteiger partial charge in [-0.05, 0) is 58.6 Å². The lowest BCUT2D eigenvalue weighted by Crippen LogP contribution is -2.43. The highest BCUT2D eigenvalue weighted by Gasteiger charge is 2.48. The van der Waals surface area contributed by atoms with Crippen LogP contribution in [0.15, 0.2) is 42.5 Å². The van der Waals surface area contributed by atoms with Crippen LogP contribution in [0.1, 0.15) is 53.9 Å². The zero-order chi connectivity index (χ0) is 23.8. The number of thioether (sulfide) groups is 2. The van der Waals surface area contributed by atoms with Gasteiger partial charge in [-0.25, -0.2) is 0 Å². The molecule has 0 bridgehead atoms. The Labute approximate surface area is 211 Å². The summed E-state index contributed by atoms with van der Waals surface area (Å²) in [5.41, 5.74) is 11.6. The van der Waals surface area contributed by atoms with Crippen LogP contribution in [0.5, 0.6) is 0 Å². The van der Waals surface area contributed by atoms with Gasteiger partial charge in [-0.3, -0.25) is 4.79 Å². The number of nitrogens with zero attached hydrogens (tertiary/aromatic N) is 1. The van der Waals surface area contributed by atoms with E-state index in [1.54, 1.807) is 0 Å². The van der Waals surface area contributed by atoms with E-state index in [1.807, 2.05) is 35.7 Å². The molecule has 3 N–H and O–H groups in total. The predicted molar refractivity (Wildman–Crippen MR) is 142 cm³/mol. The number of hydrogen-bond donors (Lipinski definition) is 2. The van der Waals surface area contributed by atoms with E-state index in [-0.39, 0.29) is 23.0 Å². The number of benzene rings is 2. The molecule has 2 saturated heterocycles. The Kier molecular flexibility index (Phi) is 7.33. The summed E-state index contributed by atoms with van der Waals surface area (Å²) in [4.78, 5) is 15.8. The van der Waals surface area contributed by atoms with Gasteiger partial charge in [0.1, 0.15) is 0 Å². The SMILES string of the molecule is CSC1SC(C(=O)N2CCC(c3cccc(CN)c3)CC2)C(C)C1c1cccc2c1COB2O. The molecule has 8 heteroatoms. The smallest absolute Gasteiger partial charge is 0.423 e. The van der Waals surface area contributed by atoms with Gasteiger partial charge >= 0.3 is 7.12 Å². The summed E-state index contributed by atoms with van der Waals surface area (Å²) in [6.07, 6.45) is 4.14. The first-order valence-electron chi connectivity index (χ1n) is 12.2. The molecule has 0 aliphatic carbocycles. The average molecular weight is 497 g/mol. The minimum Gasteiger partial charge on any atom is -0.423 e. The molecule has 5 nitrogen and oxygen atoms in total. The van der Waals surface area contributed by atoms with E-state index in [4.69, 9.17) is 10.4 Å². The highest BCUT2D eigenvalue weighted by Crippen LogP contribution is 2.53. The van der Waals surface area contributed by atoms with Gasteiger partial charge in [0.15, 0.2) is 0 Å². The van der Waals surface area contributed by atoms with E-state index < -0.39 is 7.12 Å². The first-order chi connectivity index (χ1) is 16.5. The van der Waals surface area contributed by atoms with Gasteiger partial charge in [0.25, 0.3) is 0 Å². The largest absolute Gasteiger partial charge is 0.491 e. The van der Waals surface area contributed by atoms with Crippen LogP contribution < -0.4 is 11.2 Å². The number of carbonyl (C=O) groups excluding carboxylic acids is 1. The van der Waals surface area contributed by atoms with Crippen molar-refractivity contribution in [1.29, 1.82) is 0 Å². The Bertz CT molecular complexity index is 1050. The van der Waals surface area contributed by atoms with Crippen molar-refractivity contribution < 1.29 is 14.5 Å². The molecule has 180 valence electrons. The minimum absolute atomic E-state index is 0.0392. The third-order valence-corrected chi connectivity index (χ3v) is 11.0. The number of nitrogens with two attached hydrogens (primary N) is 1. The van der Waals surface area contributed by atoms with E-state index in [0.29, 0.717) is 23.7 Å². The molecule has 0 radical (unpaired) electrons. The molecule has 34 heavy (non-hydrogen) atoms. The van der Waals surface area contributed by atoms with Crippen LogP contribution in [0.25, 0.3) is 0 Å². The summed E-state index contributed by atoms with van der Waals surface area (Å²) in [5.74, 6) is 1.26. The molecule has 3 aliphatic heterocycles. The summed E-state index contributed by atoms with van der Waals surface area (Å²) in [7, 11) is -0.837. The molecule has 2 fully saturated rings. The summed E-state index contributed by atoms with van der Waals surface area (Å²) >= 11 is 3.66. The molecule has 1 amide bonds. The van der Waals surface area contributed by atoms with Gasteiger partial charge in [0, 0.05) is 25.6 Å². The molecule has 0 spiro atoms. The normalized spacial score (nSPS) is 27.3. The second-order valence-corrected chi connectivity index (χ2v) is 12.2. The molecule has 3 heterocycles. The van der Waals surface area contributed by atoms with E-state index in [0.717, 1.165) is 37.0 Å². The Morgan fingerprint density at radius 1 is 1.26 bits per heavy atom. The molecule has 3 aliphatic rings. The number of fused-ring (bicyclic) bond motifs is 1. The average Bonchev–Trinajstić information content (AvgIpc) is 3.43. The monoisotopic (exact) mass is 496 g/mol. The Morgan fingerprint density at radius 3 is 2.76 bits per heavy atom. The van der Waals surface area contributed by atoms with E-state index in [9.17, 15) is 9.82 Å². The van der Waals surface area contributed by atoms with Crippen LogP contribution >= 0.6 is 23.5 Å². The molecular formula is C26H33BN2O3S2. The van der Waals surface area contributed by atoms with Crippen LogP contribution in [0.4, 0.5) is 0 Å². The van der Waals surface area contributed by atoms with Gasteiger partial charge in [-0.15, -0.1) is 11.8 Å². The van der Waals surface area contributed by atoms with E-state index in [1.165, 1.54) is 16.7 Å². The van der Waals surface area contributed by atoms with E-state index in [2.05, 4.69) is 48.4 Å². The topological polar surface area (TPSA) is 75.8 Å². The fourth-order valence-corrected chi connectivity index (χ4v) is 8.90. The third-order valence-electron chi connectivity index (χ3n) is 7.82. The van der Waals surface area contributed by atoms with Gasteiger partial charge in [-0.1, -0.05) is 49.4 Å². The summed E-state index contributed by atoms with van der Waals surface area (Å²) in [6.45, 7) is 4.87. The summed E-state index contributed by atoms with van der Waals surface area (Å²) < 4.78 is 5.83. The Balaban J connectivity index is 1.29. The van der Waals surface area contributed by atoms with Crippen molar-refractivity contribution in [3.63, 3.8) is 0 Å². The zero-order valence-corrected chi connectivity index (χ0v) is 21.5. The van der Waals surface area contributed by atoms with Gasteiger partial charge < -0.3 is 20.3 Å². The first-order valence-corrected chi connectivity index (χ1v) is 14.4. The summed E-state index contributed by atoms with van der Waals surface area (Å²) in [5, 5.41) is 10.1. The second-order valence-electron chi connectivity index (χ2n) is 9.67. The number of likely N-dealkylation sites (tertiary alicyclic amines) is 1. The standard InChI is InChI=1S/C26H33BN2O3S2/c1-16-23(20-7-4-8-22-21(20)15-32-27(22)31)26(33-2)34-24(16)25(30)29-11-9-18(10-12-29)19-6-3-5-17(13-19)14-28/h3-8,13,16,18,23-24,26,31H,9-12,14-15,28H2,1-2H3. The van der Waals surface area contributed by atoms with Crippen molar-refractivity contribution >= 4 is 42.0 Å². The number of amides is 1. The van der Waals surface area contributed by atoms with Gasteiger partial charge in [0.2, 0.25) is 5.91 Å². The number of piperidine rings is 1. The molecular weight excluding hydrogens is 463 g/mol. The fourth-order valence-electron chi connectivity index (χ4n) is 5.88. The van der Waals surface area contributed by atoms with Crippen molar-refractivity contribution in [3.05, 3.63) is 64.7 Å². The molecule has 4 atom stereocenters. The van der Waals surface area contributed by atoms with Crippen LogP contribution in [-0.2, 0) is 22.6 Å². The van der Waals surface area contributed by atoms with Crippen molar-refractivity contribution in [2.75, 3.05) is 19.3 Å². The summed E-state index contributed by atoms with van der Waals surface area (Å²) in [6, 6.07) is 14.7. The van der Waals surface area contributed by atoms with Crippen molar-refractivity contribution in [3.8, 4) is 0 Å². The maximum atomic E-state index is 13.7. The van der Waals surface area contributed by atoms with E-state index >= 15 is 0 Å². The first kappa shape index (κ1) is 24.3. The fraction of sp³-hybridized carbons (Fsp3) is 0.500. The van der Waals surface area contributed by atoms with Crippen LogP contribution in [0, 0.1) is 5.92 Å². The zero-order valence-electron chi connectivity index (χ0n) is 19.9. The lowest BCUT2D eigenvalue weighted by atomic mass is 9.75. The van der Waals surface area contributed by atoms with Crippen LogP contribution in [0.2, 0.25) is 0 Å². The number of hydrogen-bond acceptors (Lipinski definition) is 6. The molecule has 5 rings (SSSR count). The Morgan fingerprint density at radius 2 is 2.03 bits per heavy atom. The van der Waals surface area contributed by atoms with Crippen LogP contribution in [-0.4, -0.2) is 52.1 Å². The number of carbonyl (C=O) groups is 1. The lowest BCUT2D eigenvalue weighted by Gasteiger charge is -2.34. The minimum atomic E-state index is -0.837. The molecule has 2 aromatic rings. The third kappa shape index (κ3) is 4.44. The van der Waals surface area contributed by atoms with Crippen molar-refractivity contribution in [2.24, 2.45) is 11.7 Å². The Hall–Kier alpha value is -1.45. The van der Waals surface area contributed by atoms with Crippen LogP contribution in [0.3, 0.4) is 0 Å². The molecule has 0 aromatic heterocycles. The van der Waals surface area contributed by atoms with Gasteiger partial charge in [0.05, 0.1) is 16.4 Å². The van der Waals surface area contributed by atoms with Crippen molar-refractivity contribution in [2.45, 2.75) is 54.6 Å². The highest BCUT2D eigenvalue weighted by molar-refractivity contribution is 8.17.